The molecular formula is C16H14N4O2S2. The number of carbonyl (C=O) groups excluding carboxylic acids is 1. The fourth-order valence-corrected chi connectivity index (χ4v) is 5.13. The van der Waals surface area contributed by atoms with Crippen molar-refractivity contribution in [2.75, 3.05) is 17.1 Å². The topological polar surface area (TPSA) is 102 Å². The van der Waals surface area contributed by atoms with E-state index >= 15 is 0 Å². The summed E-state index contributed by atoms with van der Waals surface area (Å²) < 4.78 is 14.5. The van der Waals surface area contributed by atoms with E-state index in [1.165, 1.54) is 17.5 Å². The van der Waals surface area contributed by atoms with Crippen LogP contribution in [0.3, 0.4) is 0 Å². The van der Waals surface area contributed by atoms with Crippen LogP contribution in [0.15, 0.2) is 30.5 Å². The largest absolute Gasteiger partial charge is 0.383 e. The van der Waals surface area contributed by atoms with E-state index in [-0.39, 0.29) is 0 Å². The summed E-state index contributed by atoms with van der Waals surface area (Å²) in [6.07, 6.45) is 1.42. The van der Waals surface area contributed by atoms with Gasteiger partial charge in [-0.05, 0) is 29.3 Å². The number of anilines is 2. The van der Waals surface area contributed by atoms with Crippen molar-refractivity contribution in [3.63, 3.8) is 0 Å². The lowest BCUT2D eigenvalue weighted by Crippen LogP contribution is -2.13. The number of primary amides is 1. The number of pyridine rings is 1. The number of hydrogen-bond donors (Lipinski definition) is 2. The number of thiophene rings is 1. The first-order valence-electron chi connectivity index (χ1n) is 7.19. The molecule has 1 aliphatic rings. The molecule has 3 heterocycles. The van der Waals surface area contributed by atoms with Crippen molar-refractivity contribution in [1.82, 2.24) is 4.98 Å². The van der Waals surface area contributed by atoms with E-state index in [1.807, 2.05) is 31.3 Å². The lowest BCUT2D eigenvalue weighted by atomic mass is 10.1. The van der Waals surface area contributed by atoms with Crippen LogP contribution in [0.1, 0.15) is 15.9 Å². The van der Waals surface area contributed by atoms with Crippen molar-refractivity contribution in [3.8, 4) is 10.4 Å². The molecule has 1 atom stereocenters. The molecule has 1 amide bonds. The summed E-state index contributed by atoms with van der Waals surface area (Å²) in [5.74, 6) is 0.368. The minimum Gasteiger partial charge on any atom is -0.383 e. The Balaban J connectivity index is 1.88. The molecule has 3 aromatic rings. The molecule has 0 saturated carbocycles. The Hall–Kier alpha value is -2.45. The number of nitrogens with zero attached hydrogens (tertiary/aromatic N) is 2. The van der Waals surface area contributed by atoms with Crippen LogP contribution in [0.25, 0.3) is 20.5 Å². The summed E-state index contributed by atoms with van der Waals surface area (Å²) in [7, 11) is 0.815. The summed E-state index contributed by atoms with van der Waals surface area (Å²) in [6.45, 7) is 0. The summed E-state index contributed by atoms with van der Waals surface area (Å²) in [6, 6.07) is 7.91. The van der Waals surface area contributed by atoms with E-state index in [1.54, 1.807) is 4.31 Å². The predicted molar refractivity (Wildman–Crippen MR) is 98.2 cm³/mol. The predicted octanol–water partition coefficient (Wildman–Crippen LogP) is 2.26. The average molecular weight is 358 g/mol. The number of fused-ring (bicyclic) bond motifs is 2. The zero-order chi connectivity index (χ0) is 17.0. The number of nitrogens with two attached hydrogens (primary N) is 2. The average Bonchev–Trinajstić information content (AvgIpc) is 3.10. The van der Waals surface area contributed by atoms with Crippen LogP contribution in [0, 0.1) is 0 Å². The molecule has 24 heavy (non-hydrogen) atoms. The van der Waals surface area contributed by atoms with E-state index < -0.39 is 16.9 Å². The normalized spacial score (nSPS) is 16.5. The van der Waals surface area contributed by atoms with Gasteiger partial charge in [-0.3, -0.25) is 9.10 Å². The van der Waals surface area contributed by atoms with Crippen molar-refractivity contribution < 1.29 is 9.00 Å². The Bertz CT molecular complexity index is 1030. The van der Waals surface area contributed by atoms with Crippen molar-refractivity contribution >= 4 is 49.8 Å². The molecule has 1 aromatic carbocycles. The molecule has 0 spiro atoms. The van der Waals surface area contributed by atoms with Crippen LogP contribution in [-0.4, -0.2) is 22.1 Å². The van der Waals surface area contributed by atoms with Gasteiger partial charge in [0.05, 0.1) is 21.7 Å². The molecule has 2 aromatic heterocycles. The highest BCUT2D eigenvalue weighted by atomic mass is 32.2. The van der Waals surface area contributed by atoms with E-state index in [0.29, 0.717) is 17.1 Å². The maximum Gasteiger partial charge on any atom is 0.251 e. The highest BCUT2D eigenvalue weighted by Gasteiger charge is 2.23. The lowest BCUT2D eigenvalue weighted by molar-refractivity contribution is 0.100. The van der Waals surface area contributed by atoms with Gasteiger partial charge in [0.15, 0.2) is 0 Å². The Kier molecular flexibility index (Phi) is 3.33. The van der Waals surface area contributed by atoms with Gasteiger partial charge in [0.1, 0.15) is 16.8 Å². The van der Waals surface area contributed by atoms with Crippen LogP contribution >= 0.6 is 11.3 Å². The second-order valence-corrected chi connectivity index (χ2v) is 8.11. The molecule has 0 aliphatic carbocycles. The van der Waals surface area contributed by atoms with Gasteiger partial charge in [-0.1, -0.05) is 6.07 Å². The Morgan fingerprint density at radius 3 is 2.92 bits per heavy atom. The van der Waals surface area contributed by atoms with Crippen LogP contribution < -0.4 is 15.8 Å². The smallest absolute Gasteiger partial charge is 0.251 e. The van der Waals surface area contributed by atoms with E-state index in [2.05, 4.69) is 4.98 Å². The second kappa shape index (κ2) is 5.29. The molecule has 0 bridgehead atoms. The third kappa shape index (κ3) is 2.18. The van der Waals surface area contributed by atoms with Gasteiger partial charge in [-0.25, -0.2) is 9.19 Å². The lowest BCUT2D eigenvalue weighted by Gasteiger charge is -2.10. The molecule has 1 aliphatic heterocycles. The Labute approximate surface area is 144 Å². The molecule has 0 saturated heterocycles. The molecule has 4 N–H and O–H groups in total. The van der Waals surface area contributed by atoms with E-state index in [9.17, 15) is 9.00 Å². The highest BCUT2D eigenvalue weighted by molar-refractivity contribution is 7.86. The summed E-state index contributed by atoms with van der Waals surface area (Å²) in [5, 5.41) is 0.729. The second-order valence-electron chi connectivity index (χ2n) is 5.58. The van der Waals surface area contributed by atoms with Crippen molar-refractivity contribution in [2.24, 2.45) is 5.73 Å². The number of rotatable bonds is 2. The number of nitrogen functional groups attached to an aromatic ring is 1. The molecule has 0 radical (unpaired) electrons. The number of aromatic nitrogens is 1. The quantitative estimate of drug-likeness (QED) is 0.733. The summed E-state index contributed by atoms with van der Waals surface area (Å²) >= 11 is 1.46. The monoisotopic (exact) mass is 358 g/mol. The zero-order valence-electron chi connectivity index (χ0n) is 12.8. The molecule has 4 rings (SSSR count). The third-order valence-corrected chi connectivity index (χ3v) is 6.72. The third-order valence-electron chi connectivity index (χ3n) is 4.14. The summed E-state index contributed by atoms with van der Waals surface area (Å²) in [4.78, 5) is 16.6. The van der Waals surface area contributed by atoms with Crippen molar-refractivity contribution in [3.05, 3.63) is 41.6 Å². The first-order chi connectivity index (χ1) is 11.5. The minimum atomic E-state index is -1.01. The minimum absolute atomic E-state index is 0.373. The standard InChI is InChI=1S/C16H14N4O2S2/c1-20-12-3-2-8(4-9(12)7-24(20)22)13-5-10-14(23-13)11(16(18)21)6-19-15(10)17/h2-6H,7H2,1H3,(H2,17,19)(H2,18,21). The maximum absolute atomic E-state index is 11.9. The van der Waals surface area contributed by atoms with Crippen LogP contribution in [0.2, 0.25) is 0 Å². The molecule has 8 heteroatoms. The SMILES string of the molecule is CN1c2ccc(-c3cc4c(N)ncc(C(N)=O)c4s3)cc2CS1=O. The van der Waals surface area contributed by atoms with Crippen LogP contribution in [-0.2, 0) is 16.7 Å². The van der Waals surface area contributed by atoms with Gasteiger partial charge in [0, 0.05) is 23.5 Å². The molecule has 1 unspecified atom stereocenters. The van der Waals surface area contributed by atoms with Crippen molar-refractivity contribution in [1.29, 1.82) is 0 Å². The van der Waals surface area contributed by atoms with Gasteiger partial charge in [0.25, 0.3) is 5.91 Å². The Morgan fingerprint density at radius 1 is 1.38 bits per heavy atom. The fraction of sp³-hybridized carbons (Fsp3) is 0.125. The van der Waals surface area contributed by atoms with Crippen molar-refractivity contribution in [2.45, 2.75) is 5.75 Å². The highest BCUT2D eigenvalue weighted by Crippen LogP contribution is 2.40. The number of benzene rings is 1. The van der Waals surface area contributed by atoms with Gasteiger partial charge < -0.3 is 11.5 Å². The summed E-state index contributed by atoms with van der Waals surface area (Å²) in [5.41, 5.74) is 14.8. The molecular weight excluding hydrogens is 344 g/mol. The molecule has 122 valence electrons. The van der Waals surface area contributed by atoms with Gasteiger partial charge in [-0.15, -0.1) is 11.3 Å². The van der Waals surface area contributed by atoms with Crippen LogP contribution in [0.4, 0.5) is 11.5 Å². The zero-order valence-corrected chi connectivity index (χ0v) is 14.4. The Morgan fingerprint density at radius 2 is 2.17 bits per heavy atom. The molecule has 6 nitrogen and oxygen atoms in total. The maximum atomic E-state index is 11.9. The van der Waals surface area contributed by atoms with E-state index in [0.717, 1.165) is 31.8 Å². The van der Waals surface area contributed by atoms with Crippen LogP contribution in [0.5, 0.6) is 0 Å². The number of hydrogen-bond acceptors (Lipinski definition) is 5. The van der Waals surface area contributed by atoms with Gasteiger partial charge in [0.2, 0.25) is 0 Å². The number of amides is 1. The van der Waals surface area contributed by atoms with Gasteiger partial charge >= 0.3 is 0 Å². The number of carbonyl (C=O) groups is 1. The first kappa shape index (κ1) is 15.1. The molecule has 0 fully saturated rings. The van der Waals surface area contributed by atoms with Gasteiger partial charge in [-0.2, -0.15) is 0 Å². The fourth-order valence-electron chi connectivity index (χ4n) is 2.86. The van der Waals surface area contributed by atoms with E-state index in [4.69, 9.17) is 11.5 Å². The first-order valence-corrected chi connectivity index (χ1v) is 9.28.